The SMILES string of the molecule is Clc1cccc(C#CC2=NOC3(CCC4(CCCC4)CC3)C2)c1. The van der Waals surface area contributed by atoms with Crippen LogP contribution >= 0.6 is 11.6 Å². The zero-order chi connectivity index (χ0) is 15.8. The molecular formula is C20H22ClNO. The van der Waals surface area contributed by atoms with Gasteiger partial charge in [0.05, 0.1) is 0 Å². The van der Waals surface area contributed by atoms with Gasteiger partial charge in [-0.05, 0) is 68.1 Å². The van der Waals surface area contributed by atoms with Gasteiger partial charge in [-0.25, -0.2) is 0 Å². The molecule has 0 saturated heterocycles. The molecule has 0 atom stereocenters. The average Bonchev–Trinajstić information content (AvgIpc) is 3.17. The van der Waals surface area contributed by atoms with E-state index in [1.807, 2.05) is 24.3 Å². The van der Waals surface area contributed by atoms with Crippen LogP contribution in [0.25, 0.3) is 0 Å². The molecule has 23 heavy (non-hydrogen) atoms. The van der Waals surface area contributed by atoms with E-state index < -0.39 is 0 Å². The van der Waals surface area contributed by atoms with Crippen molar-refractivity contribution < 1.29 is 4.84 Å². The zero-order valence-corrected chi connectivity index (χ0v) is 14.2. The molecule has 1 heterocycles. The molecule has 2 saturated carbocycles. The van der Waals surface area contributed by atoms with Gasteiger partial charge >= 0.3 is 0 Å². The lowest BCUT2D eigenvalue weighted by molar-refractivity contribution is -0.0701. The number of rotatable bonds is 0. The van der Waals surface area contributed by atoms with E-state index in [-0.39, 0.29) is 5.60 Å². The minimum absolute atomic E-state index is 0.0633. The topological polar surface area (TPSA) is 21.6 Å². The van der Waals surface area contributed by atoms with E-state index in [4.69, 9.17) is 16.4 Å². The maximum atomic E-state index is 5.99. The lowest BCUT2D eigenvalue weighted by Gasteiger charge is -2.41. The van der Waals surface area contributed by atoms with Crippen LogP contribution in [-0.2, 0) is 4.84 Å². The van der Waals surface area contributed by atoms with Crippen molar-refractivity contribution in [2.75, 3.05) is 0 Å². The fourth-order valence-corrected chi connectivity index (χ4v) is 4.62. The monoisotopic (exact) mass is 327 g/mol. The van der Waals surface area contributed by atoms with Gasteiger partial charge < -0.3 is 4.84 Å². The first kappa shape index (κ1) is 15.1. The Labute approximate surface area is 143 Å². The highest BCUT2D eigenvalue weighted by Gasteiger charge is 2.47. The predicted molar refractivity (Wildman–Crippen MR) is 93.6 cm³/mol. The van der Waals surface area contributed by atoms with Gasteiger partial charge in [-0.15, -0.1) is 0 Å². The summed E-state index contributed by atoms with van der Waals surface area (Å²) in [5.74, 6) is 6.33. The molecule has 3 aliphatic rings. The Hall–Kier alpha value is -1.46. The molecule has 2 spiro atoms. The molecule has 0 N–H and O–H groups in total. The smallest absolute Gasteiger partial charge is 0.144 e. The molecule has 0 radical (unpaired) electrons. The maximum Gasteiger partial charge on any atom is 0.144 e. The number of halogens is 1. The number of oxime groups is 1. The first-order valence-corrected chi connectivity index (χ1v) is 9.08. The van der Waals surface area contributed by atoms with Crippen LogP contribution < -0.4 is 0 Å². The molecule has 1 aliphatic heterocycles. The van der Waals surface area contributed by atoms with E-state index in [9.17, 15) is 0 Å². The molecule has 0 amide bonds. The van der Waals surface area contributed by atoms with E-state index in [1.54, 1.807) is 0 Å². The van der Waals surface area contributed by atoms with Crippen molar-refractivity contribution in [2.24, 2.45) is 10.6 Å². The number of nitrogens with zero attached hydrogens (tertiary/aromatic N) is 1. The lowest BCUT2D eigenvalue weighted by Crippen LogP contribution is -2.38. The van der Waals surface area contributed by atoms with Crippen LogP contribution in [0.2, 0.25) is 5.02 Å². The standard InChI is InChI=1S/C20H22ClNO/c21-17-5-3-4-16(14-17)6-7-18-15-20(23-22-18)12-10-19(11-13-20)8-1-2-9-19/h3-5,14H,1-2,8-13,15H2. The Morgan fingerprint density at radius 2 is 1.78 bits per heavy atom. The van der Waals surface area contributed by atoms with Crippen LogP contribution in [0, 0.1) is 17.3 Å². The molecule has 2 fully saturated rings. The van der Waals surface area contributed by atoms with E-state index in [2.05, 4.69) is 17.0 Å². The summed E-state index contributed by atoms with van der Waals surface area (Å²) in [6.45, 7) is 0. The number of hydrogen-bond acceptors (Lipinski definition) is 2. The molecule has 2 aliphatic carbocycles. The molecule has 1 aromatic carbocycles. The largest absolute Gasteiger partial charge is 0.388 e. The van der Waals surface area contributed by atoms with E-state index >= 15 is 0 Å². The Bertz CT molecular complexity index is 681. The highest BCUT2D eigenvalue weighted by Crippen LogP contribution is 2.53. The minimum Gasteiger partial charge on any atom is -0.388 e. The summed E-state index contributed by atoms with van der Waals surface area (Å²) in [5, 5.41) is 4.99. The molecule has 0 aromatic heterocycles. The van der Waals surface area contributed by atoms with E-state index in [0.29, 0.717) is 10.4 Å². The molecule has 0 bridgehead atoms. The van der Waals surface area contributed by atoms with Crippen molar-refractivity contribution in [2.45, 2.75) is 63.4 Å². The van der Waals surface area contributed by atoms with Gasteiger partial charge in [-0.2, -0.15) is 0 Å². The van der Waals surface area contributed by atoms with Crippen molar-refractivity contribution in [1.82, 2.24) is 0 Å². The Kier molecular flexibility index (Phi) is 3.85. The summed E-state index contributed by atoms with van der Waals surface area (Å²) in [6.07, 6.45) is 11.4. The molecule has 4 rings (SSSR count). The molecule has 0 unspecified atom stereocenters. The van der Waals surface area contributed by atoms with E-state index in [0.717, 1.165) is 30.5 Å². The van der Waals surface area contributed by atoms with Gasteiger partial charge in [0.25, 0.3) is 0 Å². The fourth-order valence-electron chi connectivity index (χ4n) is 4.43. The first-order chi connectivity index (χ1) is 11.2. The summed E-state index contributed by atoms with van der Waals surface area (Å²) < 4.78 is 0. The second-order valence-electron chi connectivity index (χ2n) is 7.46. The normalized spacial score (nSPS) is 24.1. The third-order valence-corrected chi connectivity index (χ3v) is 6.14. The number of benzene rings is 1. The van der Waals surface area contributed by atoms with Gasteiger partial charge in [-0.3, -0.25) is 0 Å². The van der Waals surface area contributed by atoms with Gasteiger partial charge in [0, 0.05) is 17.0 Å². The van der Waals surface area contributed by atoms with Crippen LogP contribution in [0.15, 0.2) is 29.4 Å². The lowest BCUT2D eigenvalue weighted by atomic mass is 9.67. The molecule has 1 aromatic rings. The Morgan fingerprint density at radius 1 is 1.00 bits per heavy atom. The molecule has 3 heteroatoms. The second-order valence-corrected chi connectivity index (χ2v) is 7.89. The highest BCUT2D eigenvalue weighted by atomic mass is 35.5. The van der Waals surface area contributed by atoms with Gasteiger partial charge in [0.15, 0.2) is 0 Å². The summed E-state index contributed by atoms with van der Waals surface area (Å²) in [7, 11) is 0. The summed E-state index contributed by atoms with van der Waals surface area (Å²) >= 11 is 5.99. The fraction of sp³-hybridized carbons (Fsp3) is 0.550. The van der Waals surface area contributed by atoms with Crippen LogP contribution in [0.5, 0.6) is 0 Å². The van der Waals surface area contributed by atoms with Crippen LogP contribution in [0.1, 0.15) is 63.4 Å². The van der Waals surface area contributed by atoms with Crippen LogP contribution in [0.3, 0.4) is 0 Å². The number of hydrogen-bond donors (Lipinski definition) is 0. The van der Waals surface area contributed by atoms with Gasteiger partial charge in [-0.1, -0.05) is 41.6 Å². The third-order valence-electron chi connectivity index (χ3n) is 5.90. The van der Waals surface area contributed by atoms with Crippen molar-refractivity contribution >= 4 is 17.3 Å². The average molecular weight is 328 g/mol. The predicted octanol–water partition coefficient (Wildman–Crippen LogP) is 5.34. The van der Waals surface area contributed by atoms with E-state index in [1.165, 1.54) is 38.5 Å². The first-order valence-electron chi connectivity index (χ1n) is 8.70. The minimum atomic E-state index is -0.0633. The van der Waals surface area contributed by atoms with Crippen molar-refractivity contribution in [3.05, 3.63) is 34.9 Å². The second kappa shape index (κ2) is 5.87. The zero-order valence-electron chi connectivity index (χ0n) is 13.4. The Balaban J connectivity index is 1.40. The quantitative estimate of drug-likeness (QED) is 0.589. The summed E-state index contributed by atoms with van der Waals surface area (Å²) in [6, 6.07) is 7.63. The van der Waals surface area contributed by atoms with Gasteiger partial charge in [0.1, 0.15) is 11.3 Å². The third kappa shape index (κ3) is 3.12. The van der Waals surface area contributed by atoms with Crippen LogP contribution in [-0.4, -0.2) is 11.3 Å². The molecule has 120 valence electrons. The van der Waals surface area contributed by atoms with Gasteiger partial charge in [0.2, 0.25) is 0 Å². The van der Waals surface area contributed by atoms with Crippen molar-refractivity contribution in [1.29, 1.82) is 0 Å². The summed E-state index contributed by atoms with van der Waals surface area (Å²) in [4.78, 5) is 5.87. The molecule has 2 nitrogen and oxygen atoms in total. The Morgan fingerprint density at radius 3 is 2.52 bits per heavy atom. The summed E-state index contributed by atoms with van der Waals surface area (Å²) in [5.41, 5.74) is 2.37. The maximum absolute atomic E-state index is 5.99. The van der Waals surface area contributed by atoms with Crippen molar-refractivity contribution in [3.63, 3.8) is 0 Å². The molecular weight excluding hydrogens is 306 g/mol. The van der Waals surface area contributed by atoms with Crippen molar-refractivity contribution in [3.8, 4) is 11.8 Å². The van der Waals surface area contributed by atoms with Crippen LogP contribution in [0.4, 0.5) is 0 Å². The highest BCUT2D eigenvalue weighted by molar-refractivity contribution is 6.30.